The van der Waals surface area contributed by atoms with Crippen molar-refractivity contribution in [1.29, 1.82) is 0 Å². The maximum absolute atomic E-state index is 13.2. The Hall–Kier alpha value is -4.58. The standard InChI is InChI=1S/C35H35ClN6O4S/c1-35(2,3)31-16-32(42(40-31)23-10-13-28(43)26(36)14-23)39-33(44)37-17-22-6-4-5-7-29(22)46-25-11-12-27-30(15-25)47-34-38-18-24(41(27)34)20-45-19-21-8-9-21/h4-7,10-16,18,21,43H,8-9,17,19-20H2,1-3H3,(H2,37,39,44). The predicted molar refractivity (Wildman–Crippen MR) is 184 cm³/mol. The summed E-state index contributed by atoms with van der Waals surface area (Å²) >= 11 is 7.78. The number of amides is 2. The van der Waals surface area contributed by atoms with Crippen LogP contribution in [0.15, 0.2) is 72.9 Å². The van der Waals surface area contributed by atoms with Crippen molar-refractivity contribution in [3.63, 3.8) is 0 Å². The Morgan fingerprint density at radius 2 is 1.94 bits per heavy atom. The maximum atomic E-state index is 13.2. The van der Waals surface area contributed by atoms with Crippen LogP contribution in [0, 0.1) is 5.92 Å². The summed E-state index contributed by atoms with van der Waals surface area (Å²) in [5.74, 6) is 2.48. The number of nitrogens with one attached hydrogen (secondary N) is 2. The largest absolute Gasteiger partial charge is 0.506 e. The van der Waals surface area contributed by atoms with Crippen molar-refractivity contribution < 1.29 is 19.4 Å². The van der Waals surface area contributed by atoms with Crippen molar-refractivity contribution in [2.45, 2.75) is 52.2 Å². The van der Waals surface area contributed by atoms with Crippen molar-refractivity contribution in [3.8, 4) is 22.9 Å². The van der Waals surface area contributed by atoms with E-state index in [9.17, 15) is 9.90 Å². The number of ether oxygens (including phenoxy) is 2. The van der Waals surface area contributed by atoms with Gasteiger partial charge in [0.1, 0.15) is 23.1 Å². The van der Waals surface area contributed by atoms with E-state index >= 15 is 0 Å². The monoisotopic (exact) mass is 670 g/mol. The van der Waals surface area contributed by atoms with Crippen molar-refractivity contribution >= 4 is 50.0 Å². The third-order valence-corrected chi connectivity index (χ3v) is 9.33. The Bertz CT molecular complexity index is 2090. The molecule has 0 atom stereocenters. The fraction of sp³-hybridized carbons (Fsp3) is 0.286. The molecule has 0 spiro atoms. The molecule has 1 aliphatic rings. The molecule has 7 rings (SSSR count). The summed E-state index contributed by atoms with van der Waals surface area (Å²) in [6.45, 7) is 7.71. The Labute approximate surface area is 280 Å². The van der Waals surface area contributed by atoms with Gasteiger partial charge in [0.15, 0.2) is 4.96 Å². The van der Waals surface area contributed by atoms with Crippen LogP contribution in [0.3, 0.4) is 0 Å². The van der Waals surface area contributed by atoms with Gasteiger partial charge in [-0.3, -0.25) is 9.72 Å². The van der Waals surface area contributed by atoms with Crippen LogP contribution in [0.25, 0.3) is 20.9 Å². The lowest BCUT2D eigenvalue weighted by atomic mass is 9.92. The molecule has 0 bridgehead atoms. The zero-order valence-corrected chi connectivity index (χ0v) is 27.9. The molecule has 1 fully saturated rings. The zero-order chi connectivity index (χ0) is 32.7. The molecule has 6 aromatic rings. The molecule has 3 aromatic heterocycles. The molecule has 1 aliphatic carbocycles. The Morgan fingerprint density at radius 1 is 1.11 bits per heavy atom. The van der Waals surface area contributed by atoms with Crippen LogP contribution >= 0.6 is 22.9 Å². The molecule has 242 valence electrons. The molecular formula is C35H35ClN6O4S. The van der Waals surface area contributed by atoms with E-state index in [-0.39, 0.29) is 22.7 Å². The van der Waals surface area contributed by atoms with Gasteiger partial charge in [-0.05, 0) is 55.2 Å². The third kappa shape index (κ3) is 6.78. The second-order valence-electron chi connectivity index (χ2n) is 12.8. The van der Waals surface area contributed by atoms with E-state index in [0.29, 0.717) is 35.5 Å². The maximum Gasteiger partial charge on any atom is 0.320 e. The van der Waals surface area contributed by atoms with Gasteiger partial charge in [-0.25, -0.2) is 14.5 Å². The molecule has 2 amide bonds. The number of para-hydroxylation sites is 1. The molecule has 12 heteroatoms. The number of carbonyl (C=O) groups is 1. The molecular weight excluding hydrogens is 636 g/mol. The number of imidazole rings is 1. The van der Waals surface area contributed by atoms with Gasteiger partial charge in [0.2, 0.25) is 0 Å². The van der Waals surface area contributed by atoms with E-state index in [1.165, 1.54) is 18.9 Å². The number of anilines is 1. The molecule has 3 heterocycles. The van der Waals surface area contributed by atoms with Gasteiger partial charge in [0.25, 0.3) is 0 Å². The molecule has 0 unspecified atom stereocenters. The number of urea groups is 1. The summed E-state index contributed by atoms with van der Waals surface area (Å²) in [6.07, 6.45) is 4.42. The number of nitrogens with zero attached hydrogens (tertiary/aromatic N) is 4. The normalized spacial score (nSPS) is 13.4. The second-order valence-corrected chi connectivity index (χ2v) is 14.2. The fourth-order valence-corrected chi connectivity index (χ4v) is 6.43. The van der Waals surface area contributed by atoms with Gasteiger partial charge >= 0.3 is 6.03 Å². The molecule has 3 aromatic carbocycles. The van der Waals surface area contributed by atoms with E-state index in [4.69, 9.17) is 26.2 Å². The Balaban J connectivity index is 1.05. The van der Waals surface area contributed by atoms with E-state index in [1.807, 2.05) is 75.5 Å². The van der Waals surface area contributed by atoms with E-state index in [2.05, 4.69) is 20.0 Å². The first-order valence-corrected chi connectivity index (χ1v) is 16.7. The quantitative estimate of drug-likeness (QED) is 0.135. The van der Waals surface area contributed by atoms with Gasteiger partial charge in [-0.1, -0.05) is 61.9 Å². The number of benzene rings is 3. The minimum Gasteiger partial charge on any atom is -0.506 e. The number of fused-ring (bicyclic) bond motifs is 3. The fourth-order valence-electron chi connectivity index (χ4n) is 5.21. The number of thiazole rings is 1. The first kappa shape index (κ1) is 31.0. The number of carbonyl (C=O) groups excluding carboxylic acids is 1. The number of rotatable bonds is 10. The topological polar surface area (TPSA) is 115 Å². The van der Waals surface area contributed by atoms with Crippen LogP contribution in [-0.4, -0.2) is 36.9 Å². The summed E-state index contributed by atoms with van der Waals surface area (Å²) in [4.78, 5) is 18.7. The molecule has 10 nitrogen and oxygen atoms in total. The summed E-state index contributed by atoms with van der Waals surface area (Å²) in [7, 11) is 0. The van der Waals surface area contributed by atoms with Gasteiger partial charge in [0, 0.05) is 36.3 Å². The number of aromatic nitrogens is 4. The first-order chi connectivity index (χ1) is 22.6. The summed E-state index contributed by atoms with van der Waals surface area (Å²) in [5, 5.41) is 20.7. The Morgan fingerprint density at radius 3 is 2.72 bits per heavy atom. The minimum atomic E-state index is -0.411. The van der Waals surface area contributed by atoms with Crippen LogP contribution < -0.4 is 15.4 Å². The van der Waals surface area contributed by atoms with E-state index in [0.717, 1.165) is 38.7 Å². The second kappa shape index (κ2) is 12.6. The highest BCUT2D eigenvalue weighted by atomic mass is 35.5. The van der Waals surface area contributed by atoms with Crippen LogP contribution in [0.1, 0.15) is 50.6 Å². The molecule has 0 radical (unpaired) electrons. The lowest BCUT2D eigenvalue weighted by Crippen LogP contribution is -2.29. The van der Waals surface area contributed by atoms with E-state index in [1.54, 1.807) is 28.2 Å². The van der Waals surface area contributed by atoms with Gasteiger partial charge in [0.05, 0.1) is 45.1 Å². The van der Waals surface area contributed by atoms with Crippen LogP contribution in [0.2, 0.25) is 5.02 Å². The van der Waals surface area contributed by atoms with Gasteiger partial charge < -0.3 is 19.9 Å². The van der Waals surface area contributed by atoms with Gasteiger partial charge in [-0.15, -0.1) is 0 Å². The highest BCUT2D eigenvalue weighted by molar-refractivity contribution is 7.23. The third-order valence-electron chi connectivity index (χ3n) is 8.01. The van der Waals surface area contributed by atoms with Crippen LogP contribution in [-0.2, 0) is 23.3 Å². The molecule has 3 N–H and O–H groups in total. The smallest absolute Gasteiger partial charge is 0.320 e. The Kier molecular flexibility index (Phi) is 8.29. The summed E-state index contributed by atoms with van der Waals surface area (Å²) in [5.41, 5.74) is 4.04. The van der Waals surface area contributed by atoms with Crippen molar-refractivity contribution in [2.24, 2.45) is 5.92 Å². The van der Waals surface area contributed by atoms with Crippen LogP contribution in [0.4, 0.5) is 10.6 Å². The number of hydrogen-bond acceptors (Lipinski definition) is 7. The van der Waals surface area contributed by atoms with Crippen LogP contribution in [0.5, 0.6) is 17.2 Å². The lowest BCUT2D eigenvalue weighted by Gasteiger charge is -2.14. The van der Waals surface area contributed by atoms with Crippen molar-refractivity contribution in [3.05, 3.63) is 94.9 Å². The van der Waals surface area contributed by atoms with Gasteiger partial charge in [-0.2, -0.15) is 5.10 Å². The minimum absolute atomic E-state index is 0.0316. The zero-order valence-electron chi connectivity index (χ0n) is 26.3. The summed E-state index contributed by atoms with van der Waals surface area (Å²) < 4.78 is 17.1. The van der Waals surface area contributed by atoms with E-state index < -0.39 is 6.03 Å². The highest BCUT2D eigenvalue weighted by Gasteiger charge is 2.23. The highest BCUT2D eigenvalue weighted by Crippen LogP contribution is 2.34. The molecule has 1 saturated carbocycles. The average Bonchev–Trinajstić information content (AvgIpc) is 3.45. The number of phenols is 1. The molecule has 0 aliphatic heterocycles. The number of hydrogen-bond donors (Lipinski definition) is 3. The van der Waals surface area contributed by atoms with Crippen molar-refractivity contribution in [2.75, 3.05) is 11.9 Å². The number of phenolic OH excluding ortho intramolecular Hbond substituents is 1. The molecule has 47 heavy (non-hydrogen) atoms. The SMILES string of the molecule is CC(C)(C)c1cc(NC(=O)NCc2ccccc2Oc2ccc3c(c2)sc2ncc(COCC4CC4)n23)n(-c2ccc(O)c(Cl)c2)n1. The number of halogens is 1. The predicted octanol–water partition coefficient (Wildman–Crippen LogP) is 8.43. The molecule has 0 saturated heterocycles. The van der Waals surface area contributed by atoms with Crippen molar-refractivity contribution in [1.82, 2.24) is 24.5 Å². The average molecular weight is 671 g/mol. The first-order valence-electron chi connectivity index (χ1n) is 15.5. The number of aromatic hydroxyl groups is 1. The summed E-state index contributed by atoms with van der Waals surface area (Å²) in [6, 6.07) is 19.8. The lowest BCUT2D eigenvalue weighted by molar-refractivity contribution is 0.108.